The van der Waals surface area contributed by atoms with Crippen molar-refractivity contribution in [3.05, 3.63) is 18.0 Å². The van der Waals surface area contributed by atoms with E-state index in [-0.39, 0.29) is 0 Å². The van der Waals surface area contributed by atoms with Gasteiger partial charge in [-0.05, 0) is 25.8 Å². The molecule has 1 aromatic heterocycles. The summed E-state index contributed by atoms with van der Waals surface area (Å²) in [5.41, 5.74) is 1.01. The summed E-state index contributed by atoms with van der Waals surface area (Å²) in [6.07, 6.45) is 7.05. The summed E-state index contributed by atoms with van der Waals surface area (Å²) in [6.45, 7) is 3.40. The Balaban J connectivity index is 1.55. The van der Waals surface area contributed by atoms with Crippen molar-refractivity contribution in [2.45, 2.75) is 44.3 Å². The summed E-state index contributed by atoms with van der Waals surface area (Å²) in [6, 6.07) is 3.35. The number of hydrogen-bond acceptors (Lipinski definition) is 4. The van der Waals surface area contributed by atoms with Crippen LogP contribution in [0, 0.1) is 0 Å². The van der Waals surface area contributed by atoms with Crippen LogP contribution < -0.4 is 5.32 Å². The van der Waals surface area contributed by atoms with Crippen molar-refractivity contribution in [2.24, 2.45) is 0 Å². The molecule has 1 N–H and O–H groups in total. The van der Waals surface area contributed by atoms with E-state index in [9.17, 15) is 0 Å². The first-order valence-electron chi connectivity index (χ1n) is 6.30. The lowest BCUT2D eigenvalue weighted by Gasteiger charge is -2.32. The minimum Gasteiger partial charge on any atom is -0.364 e. The van der Waals surface area contributed by atoms with E-state index >= 15 is 0 Å². The molecule has 2 aliphatic heterocycles. The quantitative estimate of drug-likeness (QED) is 0.837. The SMILES string of the molecule is c1cc(CNC2CCN3CCCCC23)no1. The highest BCUT2D eigenvalue weighted by molar-refractivity contribution is 4.98. The van der Waals surface area contributed by atoms with Crippen LogP contribution in [0.3, 0.4) is 0 Å². The number of hydrogen-bond donors (Lipinski definition) is 1. The van der Waals surface area contributed by atoms with Crippen molar-refractivity contribution >= 4 is 0 Å². The molecule has 2 fully saturated rings. The fourth-order valence-corrected chi connectivity index (χ4v) is 3.05. The van der Waals surface area contributed by atoms with Crippen molar-refractivity contribution < 1.29 is 4.52 Å². The average Bonchev–Trinajstić information content (AvgIpc) is 2.96. The minimum absolute atomic E-state index is 0.650. The highest BCUT2D eigenvalue weighted by atomic mass is 16.5. The van der Waals surface area contributed by atoms with Crippen LogP contribution in [0.15, 0.2) is 16.9 Å². The molecule has 2 unspecified atom stereocenters. The Morgan fingerprint density at radius 3 is 3.25 bits per heavy atom. The summed E-state index contributed by atoms with van der Waals surface area (Å²) >= 11 is 0. The summed E-state index contributed by atoms with van der Waals surface area (Å²) in [7, 11) is 0. The Bertz CT molecular complexity index is 325. The molecule has 0 radical (unpaired) electrons. The van der Waals surface area contributed by atoms with Crippen LogP contribution in [-0.2, 0) is 6.54 Å². The molecule has 0 bridgehead atoms. The molecule has 4 nitrogen and oxygen atoms in total. The average molecular weight is 221 g/mol. The van der Waals surface area contributed by atoms with E-state index in [1.54, 1.807) is 6.26 Å². The number of fused-ring (bicyclic) bond motifs is 1. The molecular formula is C12H19N3O. The Hall–Kier alpha value is -0.870. The first kappa shape index (κ1) is 10.3. The van der Waals surface area contributed by atoms with Crippen molar-refractivity contribution in [1.29, 1.82) is 0 Å². The summed E-state index contributed by atoms with van der Waals surface area (Å²) in [4.78, 5) is 2.64. The van der Waals surface area contributed by atoms with E-state index in [2.05, 4.69) is 15.4 Å². The van der Waals surface area contributed by atoms with Crippen LogP contribution in [0.25, 0.3) is 0 Å². The van der Waals surface area contributed by atoms with Gasteiger partial charge in [-0.15, -0.1) is 0 Å². The molecule has 2 saturated heterocycles. The predicted octanol–water partition coefficient (Wildman–Crippen LogP) is 1.39. The molecule has 0 spiro atoms. The molecule has 0 aromatic carbocycles. The Labute approximate surface area is 96.0 Å². The van der Waals surface area contributed by atoms with Crippen molar-refractivity contribution in [1.82, 2.24) is 15.4 Å². The second kappa shape index (κ2) is 4.55. The van der Waals surface area contributed by atoms with Gasteiger partial charge >= 0.3 is 0 Å². The predicted molar refractivity (Wildman–Crippen MR) is 61.0 cm³/mol. The standard InChI is InChI=1S/C12H19N3O/c1-2-6-15-7-4-11(12(15)3-1)13-9-10-5-8-16-14-10/h5,8,11-13H,1-4,6-7,9H2. The maximum atomic E-state index is 4.84. The summed E-state index contributed by atoms with van der Waals surface area (Å²) in [5.74, 6) is 0. The van der Waals surface area contributed by atoms with Crippen molar-refractivity contribution in [3.8, 4) is 0 Å². The fourth-order valence-electron chi connectivity index (χ4n) is 3.05. The molecule has 3 heterocycles. The van der Waals surface area contributed by atoms with E-state index < -0.39 is 0 Å². The number of piperidine rings is 1. The van der Waals surface area contributed by atoms with Gasteiger partial charge < -0.3 is 9.84 Å². The van der Waals surface area contributed by atoms with Gasteiger partial charge in [0.25, 0.3) is 0 Å². The largest absolute Gasteiger partial charge is 0.364 e. The maximum absolute atomic E-state index is 4.84. The number of rotatable bonds is 3. The molecule has 3 rings (SSSR count). The third-order valence-corrected chi connectivity index (χ3v) is 3.89. The second-order valence-corrected chi connectivity index (χ2v) is 4.87. The van der Waals surface area contributed by atoms with Crippen LogP contribution in [0.1, 0.15) is 31.4 Å². The van der Waals surface area contributed by atoms with Gasteiger partial charge in [-0.25, -0.2) is 0 Å². The Morgan fingerprint density at radius 2 is 2.38 bits per heavy atom. The monoisotopic (exact) mass is 221 g/mol. The first-order chi connectivity index (χ1) is 7.93. The van der Waals surface area contributed by atoms with Gasteiger partial charge in [0.2, 0.25) is 0 Å². The van der Waals surface area contributed by atoms with Gasteiger partial charge in [0.15, 0.2) is 0 Å². The summed E-state index contributed by atoms with van der Waals surface area (Å²) in [5, 5.41) is 7.55. The van der Waals surface area contributed by atoms with Crippen LogP contribution >= 0.6 is 0 Å². The number of nitrogens with zero attached hydrogens (tertiary/aromatic N) is 2. The third-order valence-electron chi connectivity index (χ3n) is 3.89. The zero-order chi connectivity index (χ0) is 10.8. The molecule has 0 saturated carbocycles. The molecule has 0 amide bonds. The smallest absolute Gasteiger partial charge is 0.124 e. The molecule has 16 heavy (non-hydrogen) atoms. The van der Waals surface area contributed by atoms with Gasteiger partial charge in [-0.2, -0.15) is 0 Å². The lowest BCUT2D eigenvalue weighted by Crippen LogP contribution is -2.44. The highest BCUT2D eigenvalue weighted by Crippen LogP contribution is 2.27. The molecular weight excluding hydrogens is 202 g/mol. The van der Waals surface area contributed by atoms with Crippen LogP contribution in [0.4, 0.5) is 0 Å². The van der Waals surface area contributed by atoms with Gasteiger partial charge in [0, 0.05) is 31.2 Å². The third kappa shape index (κ3) is 1.99. The normalized spacial score (nSPS) is 30.5. The van der Waals surface area contributed by atoms with Crippen molar-refractivity contribution in [3.63, 3.8) is 0 Å². The molecule has 88 valence electrons. The van der Waals surface area contributed by atoms with Crippen molar-refractivity contribution in [2.75, 3.05) is 13.1 Å². The Kier molecular flexibility index (Phi) is 2.93. The van der Waals surface area contributed by atoms with Crippen LogP contribution in [0.5, 0.6) is 0 Å². The van der Waals surface area contributed by atoms with E-state index in [1.165, 1.54) is 38.8 Å². The topological polar surface area (TPSA) is 41.3 Å². The highest BCUT2D eigenvalue weighted by Gasteiger charge is 2.34. The van der Waals surface area contributed by atoms with E-state index in [0.717, 1.165) is 18.3 Å². The lowest BCUT2D eigenvalue weighted by molar-refractivity contribution is 0.180. The molecule has 4 heteroatoms. The fraction of sp³-hybridized carbons (Fsp3) is 0.750. The summed E-state index contributed by atoms with van der Waals surface area (Å²) < 4.78 is 4.84. The van der Waals surface area contributed by atoms with Gasteiger partial charge in [-0.3, -0.25) is 4.90 Å². The molecule has 2 aliphatic rings. The van der Waals surface area contributed by atoms with E-state index in [0.29, 0.717) is 6.04 Å². The molecule has 1 aromatic rings. The Morgan fingerprint density at radius 1 is 1.38 bits per heavy atom. The van der Waals surface area contributed by atoms with Crippen LogP contribution in [-0.4, -0.2) is 35.2 Å². The second-order valence-electron chi connectivity index (χ2n) is 4.87. The number of nitrogens with one attached hydrogen (secondary N) is 1. The minimum atomic E-state index is 0.650. The van der Waals surface area contributed by atoms with E-state index in [4.69, 9.17) is 4.52 Å². The zero-order valence-corrected chi connectivity index (χ0v) is 9.56. The van der Waals surface area contributed by atoms with Gasteiger partial charge in [0.1, 0.15) is 6.26 Å². The zero-order valence-electron chi connectivity index (χ0n) is 9.56. The first-order valence-corrected chi connectivity index (χ1v) is 6.30. The van der Waals surface area contributed by atoms with Gasteiger partial charge in [-0.1, -0.05) is 11.6 Å². The molecule has 2 atom stereocenters. The maximum Gasteiger partial charge on any atom is 0.124 e. The lowest BCUT2D eigenvalue weighted by atomic mass is 9.99. The van der Waals surface area contributed by atoms with Crippen LogP contribution in [0.2, 0.25) is 0 Å². The molecule has 0 aliphatic carbocycles. The van der Waals surface area contributed by atoms with E-state index in [1.807, 2.05) is 6.07 Å². The number of aromatic nitrogens is 1. The van der Waals surface area contributed by atoms with Gasteiger partial charge in [0.05, 0.1) is 5.69 Å².